The average Bonchev–Trinajstić information content (AvgIpc) is 2.37. The summed E-state index contributed by atoms with van der Waals surface area (Å²) < 4.78 is 39.5. The number of hydrogen-bond acceptors (Lipinski definition) is 0. The first-order valence-electron chi connectivity index (χ1n) is 6.14. The topological polar surface area (TPSA) is 0 Å². The Balaban J connectivity index is 2.27. The van der Waals surface area contributed by atoms with Gasteiger partial charge in [-0.25, -0.2) is 0 Å². The van der Waals surface area contributed by atoms with Crippen LogP contribution in [-0.2, 0) is 6.42 Å². The standard InChI is InChI=1S/C16H15F3/c1-12-7-9-13(10-8-12)11-15(16(17,18)19)14-5-3-2-4-6-14/h2-10,15H,11H2,1H3/t15-/m0/s1. The lowest BCUT2D eigenvalue weighted by molar-refractivity contribution is -0.150. The van der Waals surface area contributed by atoms with Gasteiger partial charge in [-0.15, -0.1) is 0 Å². The molecule has 3 heteroatoms. The van der Waals surface area contributed by atoms with Gasteiger partial charge in [0.25, 0.3) is 0 Å². The Morgan fingerprint density at radius 1 is 0.895 bits per heavy atom. The zero-order chi connectivity index (χ0) is 13.9. The van der Waals surface area contributed by atoms with Crippen LogP contribution in [0.15, 0.2) is 54.6 Å². The summed E-state index contributed by atoms with van der Waals surface area (Å²) in [7, 11) is 0. The number of halogens is 3. The van der Waals surface area contributed by atoms with E-state index >= 15 is 0 Å². The normalized spacial score (nSPS) is 13.3. The van der Waals surface area contributed by atoms with Gasteiger partial charge in [-0.05, 0) is 24.5 Å². The van der Waals surface area contributed by atoms with Gasteiger partial charge in [0, 0.05) is 0 Å². The second-order valence-corrected chi connectivity index (χ2v) is 4.69. The van der Waals surface area contributed by atoms with Crippen molar-refractivity contribution in [1.29, 1.82) is 0 Å². The lowest BCUT2D eigenvalue weighted by Crippen LogP contribution is -2.22. The van der Waals surface area contributed by atoms with Crippen LogP contribution in [0.1, 0.15) is 22.6 Å². The molecule has 0 saturated carbocycles. The number of rotatable bonds is 3. The van der Waals surface area contributed by atoms with Crippen LogP contribution in [0.4, 0.5) is 13.2 Å². The molecule has 2 rings (SSSR count). The Hall–Kier alpha value is -1.77. The fourth-order valence-electron chi connectivity index (χ4n) is 2.07. The van der Waals surface area contributed by atoms with Crippen molar-refractivity contribution in [2.24, 2.45) is 0 Å². The van der Waals surface area contributed by atoms with Crippen molar-refractivity contribution in [1.82, 2.24) is 0 Å². The summed E-state index contributed by atoms with van der Waals surface area (Å²) in [5, 5.41) is 0. The van der Waals surface area contributed by atoms with Gasteiger partial charge < -0.3 is 0 Å². The predicted molar refractivity (Wildman–Crippen MR) is 70.1 cm³/mol. The van der Waals surface area contributed by atoms with Crippen molar-refractivity contribution in [3.8, 4) is 0 Å². The van der Waals surface area contributed by atoms with Gasteiger partial charge in [-0.3, -0.25) is 0 Å². The van der Waals surface area contributed by atoms with Crippen LogP contribution in [0, 0.1) is 6.92 Å². The second kappa shape index (κ2) is 5.47. The molecular formula is C16H15F3. The largest absolute Gasteiger partial charge is 0.396 e. The quantitative estimate of drug-likeness (QED) is 0.741. The fourth-order valence-corrected chi connectivity index (χ4v) is 2.07. The van der Waals surface area contributed by atoms with E-state index in [0.717, 1.165) is 5.56 Å². The number of hydrogen-bond donors (Lipinski definition) is 0. The van der Waals surface area contributed by atoms with E-state index in [1.165, 1.54) is 12.1 Å². The van der Waals surface area contributed by atoms with Crippen molar-refractivity contribution >= 4 is 0 Å². The van der Waals surface area contributed by atoms with E-state index in [0.29, 0.717) is 11.1 Å². The van der Waals surface area contributed by atoms with E-state index in [1.807, 2.05) is 19.1 Å². The molecule has 0 aliphatic carbocycles. The van der Waals surface area contributed by atoms with Crippen LogP contribution in [-0.4, -0.2) is 6.18 Å². The third kappa shape index (κ3) is 3.60. The van der Waals surface area contributed by atoms with Gasteiger partial charge in [-0.2, -0.15) is 13.2 Å². The van der Waals surface area contributed by atoms with Crippen molar-refractivity contribution in [2.45, 2.75) is 25.4 Å². The van der Waals surface area contributed by atoms with Crippen LogP contribution < -0.4 is 0 Å². The van der Waals surface area contributed by atoms with Gasteiger partial charge in [0.15, 0.2) is 0 Å². The highest BCUT2D eigenvalue weighted by molar-refractivity contribution is 5.27. The Morgan fingerprint density at radius 3 is 2.00 bits per heavy atom. The second-order valence-electron chi connectivity index (χ2n) is 4.69. The third-order valence-electron chi connectivity index (χ3n) is 3.16. The molecule has 0 fully saturated rings. The first-order valence-corrected chi connectivity index (χ1v) is 6.14. The Morgan fingerprint density at radius 2 is 1.47 bits per heavy atom. The minimum absolute atomic E-state index is 0.0200. The summed E-state index contributed by atoms with van der Waals surface area (Å²) in [4.78, 5) is 0. The van der Waals surface area contributed by atoms with Gasteiger partial charge in [0.05, 0.1) is 5.92 Å². The van der Waals surface area contributed by atoms with Crippen LogP contribution in [0.3, 0.4) is 0 Å². The van der Waals surface area contributed by atoms with Crippen molar-refractivity contribution < 1.29 is 13.2 Å². The summed E-state index contributed by atoms with van der Waals surface area (Å²) in [5.41, 5.74) is 2.07. The van der Waals surface area contributed by atoms with E-state index < -0.39 is 12.1 Å². The van der Waals surface area contributed by atoms with Gasteiger partial charge in [0.2, 0.25) is 0 Å². The van der Waals surface area contributed by atoms with Crippen molar-refractivity contribution in [3.05, 3.63) is 71.3 Å². The van der Waals surface area contributed by atoms with Crippen molar-refractivity contribution in [2.75, 3.05) is 0 Å². The highest BCUT2D eigenvalue weighted by atomic mass is 19.4. The van der Waals surface area contributed by atoms with E-state index in [1.54, 1.807) is 30.3 Å². The molecule has 0 aliphatic rings. The van der Waals surface area contributed by atoms with Crippen LogP contribution in [0.2, 0.25) is 0 Å². The van der Waals surface area contributed by atoms with E-state index in [4.69, 9.17) is 0 Å². The molecule has 0 nitrogen and oxygen atoms in total. The molecule has 0 unspecified atom stereocenters. The molecule has 0 aromatic heterocycles. The predicted octanol–water partition coefficient (Wildman–Crippen LogP) is 4.88. The summed E-state index contributed by atoms with van der Waals surface area (Å²) in [6.07, 6.45) is -4.25. The zero-order valence-electron chi connectivity index (χ0n) is 10.6. The molecule has 0 N–H and O–H groups in total. The minimum atomic E-state index is -4.23. The molecule has 0 radical (unpaired) electrons. The first kappa shape index (κ1) is 13.7. The first-order chi connectivity index (χ1) is 8.97. The fraction of sp³-hybridized carbons (Fsp3) is 0.250. The lowest BCUT2D eigenvalue weighted by Gasteiger charge is -2.21. The summed E-state index contributed by atoms with van der Waals surface area (Å²) >= 11 is 0. The summed E-state index contributed by atoms with van der Waals surface area (Å²) in [6, 6.07) is 15.3. The van der Waals surface area contributed by atoms with Crippen molar-refractivity contribution in [3.63, 3.8) is 0 Å². The highest BCUT2D eigenvalue weighted by Gasteiger charge is 2.40. The van der Waals surface area contributed by atoms with Gasteiger partial charge in [-0.1, -0.05) is 60.2 Å². The third-order valence-corrected chi connectivity index (χ3v) is 3.16. The summed E-state index contributed by atoms with van der Waals surface area (Å²) in [5.74, 6) is -1.45. The number of alkyl halides is 3. The maximum absolute atomic E-state index is 13.2. The van der Waals surface area contributed by atoms with E-state index in [9.17, 15) is 13.2 Å². The molecule has 2 aromatic rings. The average molecular weight is 264 g/mol. The molecule has 2 aromatic carbocycles. The van der Waals surface area contributed by atoms with E-state index in [2.05, 4.69) is 0 Å². The minimum Gasteiger partial charge on any atom is -0.170 e. The molecule has 0 aliphatic heterocycles. The van der Waals surface area contributed by atoms with Crippen LogP contribution >= 0.6 is 0 Å². The molecule has 0 spiro atoms. The van der Waals surface area contributed by atoms with Crippen LogP contribution in [0.25, 0.3) is 0 Å². The Labute approximate surface area is 110 Å². The molecule has 1 atom stereocenters. The molecule has 0 saturated heterocycles. The molecule has 19 heavy (non-hydrogen) atoms. The molecule has 100 valence electrons. The maximum atomic E-state index is 13.2. The van der Waals surface area contributed by atoms with Gasteiger partial charge in [0.1, 0.15) is 0 Å². The Bertz CT molecular complexity index is 512. The monoisotopic (exact) mass is 264 g/mol. The molecule has 0 heterocycles. The summed E-state index contributed by atoms with van der Waals surface area (Å²) in [6.45, 7) is 1.92. The zero-order valence-corrected chi connectivity index (χ0v) is 10.6. The smallest absolute Gasteiger partial charge is 0.170 e. The van der Waals surface area contributed by atoms with E-state index in [-0.39, 0.29) is 6.42 Å². The molecular weight excluding hydrogens is 249 g/mol. The molecule has 0 bridgehead atoms. The van der Waals surface area contributed by atoms with Crippen LogP contribution in [0.5, 0.6) is 0 Å². The lowest BCUT2D eigenvalue weighted by atomic mass is 9.91. The molecule has 0 amide bonds. The Kier molecular flexibility index (Phi) is 3.93. The maximum Gasteiger partial charge on any atom is 0.396 e. The SMILES string of the molecule is Cc1ccc(C[C@@H](c2ccccc2)C(F)(F)F)cc1. The number of aryl methyl sites for hydroxylation is 1. The highest BCUT2D eigenvalue weighted by Crippen LogP contribution is 2.37. The van der Waals surface area contributed by atoms with Gasteiger partial charge >= 0.3 is 6.18 Å². The number of benzene rings is 2.